The highest BCUT2D eigenvalue weighted by Gasteiger charge is 2.20. The molecule has 1 N–H and O–H groups in total. The standard InChI is InChI=1S/C16H25NO3/c1-4-6-7-17(12(3)5-2)10-13-8-15-16(9-14(13)18)20-11-19-15/h8-9,12,18H,4-7,10-11H2,1-3H3. The number of rotatable bonds is 7. The van der Waals surface area contributed by atoms with E-state index in [0.717, 1.165) is 30.8 Å². The third-order valence-corrected chi connectivity index (χ3v) is 3.96. The second-order valence-corrected chi connectivity index (χ2v) is 5.42. The summed E-state index contributed by atoms with van der Waals surface area (Å²) in [7, 11) is 0. The predicted octanol–water partition coefficient (Wildman–Crippen LogP) is 3.52. The monoisotopic (exact) mass is 279 g/mol. The van der Waals surface area contributed by atoms with Crippen molar-refractivity contribution in [3.63, 3.8) is 0 Å². The fourth-order valence-electron chi connectivity index (χ4n) is 2.39. The molecule has 112 valence electrons. The Hall–Kier alpha value is -1.42. The van der Waals surface area contributed by atoms with E-state index >= 15 is 0 Å². The molecule has 0 saturated heterocycles. The smallest absolute Gasteiger partial charge is 0.231 e. The summed E-state index contributed by atoms with van der Waals surface area (Å²) in [6, 6.07) is 4.07. The van der Waals surface area contributed by atoms with Gasteiger partial charge in [0.2, 0.25) is 6.79 Å². The number of ether oxygens (including phenoxy) is 2. The maximum Gasteiger partial charge on any atom is 0.231 e. The Kier molecular flexibility index (Phi) is 5.12. The molecule has 1 aliphatic rings. The minimum Gasteiger partial charge on any atom is -0.507 e. The van der Waals surface area contributed by atoms with Crippen LogP contribution in [0.1, 0.15) is 45.6 Å². The Balaban J connectivity index is 2.13. The molecule has 1 heterocycles. The highest BCUT2D eigenvalue weighted by atomic mass is 16.7. The number of benzene rings is 1. The van der Waals surface area contributed by atoms with Gasteiger partial charge in [-0.2, -0.15) is 0 Å². The Labute approximate surface area is 121 Å². The largest absolute Gasteiger partial charge is 0.507 e. The van der Waals surface area contributed by atoms with E-state index in [1.54, 1.807) is 6.07 Å². The van der Waals surface area contributed by atoms with E-state index in [9.17, 15) is 5.11 Å². The molecule has 1 aromatic carbocycles. The highest BCUT2D eigenvalue weighted by molar-refractivity contribution is 5.51. The van der Waals surface area contributed by atoms with E-state index in [1.165, 1.54) is 12.8 Å². The predicted molar refractivity (Wildman–Crippen MR) is 79.3 cm³/mol. The van der Waals surface area contributed by atoms with Crippen LogP contribution in [0.3, 0.4) is 0 Å². The van der Waals surface area contributed by atoms with Crippen molar-refractivity contribution in [2.75, 3.05) is 13.3 Å². The van der Waals surface area contributed by atoms with Crippen LogP contribution in [0.5, 0.6) is 17.2 Å². The van der Waals surface area contributed by atoms with E-state index < -0.39 is 0 Å². The van der Waals surface area contributed by atoms with E-state index in [-0.39, 0.29) is 6.79 Å². The summed E-state index contributed by atoms with van der Waals surface area (Å²) in [5.41, 5.74) is 0.908. The van der Waals surface area contributed by atoms with Gasteiger partial charge in [-0.05, 0) is 32.4 Å². The molecule has 0 fully saturated rings. The summed E-state index contributed by atoms with van der Waals surface area (Å²) in [5, 5.41) is 10.1. The molecule has 1 atom stereocenters. The van der Waals surface area contributed by atoms with Crippen molar-refractivity contribution in [2.45, 2.75) is 52.6 Å². The van der Waals surface area contributed by atoms with E-state index in [0.29, 0.717) is 17.5 Å². The number of aromatic hydroxyl groups is 1. The first kappa shape index (κ1) is 15.0. The van der Waals surface area contributed by atoms with Crippen molar-refractivity contribution in [3.05, 3.63) is 17.7 Å². The summed E-state index contributed by atoms with van der Waals surface area (Å²) >= 11 is 0. The normalized spacial score (nSPS) is 14.8. The Morgan fingerprint density at radius 3 is 2.60 bits per heavy atom. The Morgan fingerprint density at radius 1 is 1.25 bits per heavy atom. The molecular weight excluding hydrogens is 254 g/mol. The number of hydrogen-bond acceptors (Lipinski definition) is 4. The van der Waals surface area contributed by atoms with Crippen LogP contribution in [0, 0.1) is 0 Å². The highest BCUT2D eigenvalue weighted by Crippen LogP contribution is 2.38. The van der Waals surface area contributed by atoms with Gasteiger partial charge in [-0.15, -0.1) is 0 Å². The molecule has 2 rings (SSSR count). The zero-order valence-electron chi connectivity index (χ0n) is 12.7. The molecule has 0 bridgehead atoms. The SMILES string of the molecule is CCCCN(Cc1cc2c(cc1O)OCO2)C(C)CC. The van der Waals surface area contributed by atoms with Crippen LogP contribution >= 0.6 is 0 Å². The first-order chi connectivity index (χ1) is 9.65. The average Bonchev–Trinajstić information content (AvgIpc) is 2.89. The zero-order valence-corrected chi connectivity index (χ0v) is 12.7. The van der Waals surface area contributed by atoms with Crippen LogP contribution in [0.2, 0.25) is 0 Å². The topological polar surface area (TPSA) is 41.9 Å². The van der Waals surface area contributed by atoms with Gasteiger partial charge in [0.1, 0.15) is 5.75 Å². The summed E-state index contributed by atoms with van der Waals surface area (Å²) in [5.74, 6) is 1.66. The summed E-state index contributed by atoms with van der Waals surface area (Å²) in [4.78, 5) is 2.42. The second kappa shape index (κ2) is 6.84. The molecule has 0 radical (unpaired) electrons. The van der Waals surface area contributed by atoms with Crippen LogP contribution < -0.4 is 9.47 Å². The lowest BCUT2D eigenvalue weighted by atomic mass is 10.1. The van der Waals surface area contributed by atoms with Crippen molar-refractivity contribution in [1.29, 1.82) is 0 Å². The molecule has 0 saturated carbocycles. The first-order valence-corrected chi connectivity index (χ1v) is 7.51. The molecule has 4 heteroatoms. The van der Waals surface area contributed by atoms with E-state index in [4.69, 9.17) is 9.47 Å². The Morgan fingerprint density at radius 2 is 1.95 bits per heavy atom. The second-order valence-electron chi connectivity index (χ2n) is 5.42. The third kappa shape index (κ3) is 3.37. The average molecular weight is 279 g/mol. The molecular formula is C16H25NO3. The summed E-state index contributed by atoms with van der Waals surface area (Å²) in [6.07, 6.45) is 3.46. The van der Waals surface area contributed by atoms with Crippen molar-refractivity contribution < 1.29 is 14.6 Å². The minimum atomic E-state index is 0.239. The molecule has 20 heavy (non-hydrogen) atoms. The van der Waals surface area contributed by atoms with Gasteiger partial charge in [0.15, 0.2) is 11.5 Å². The lowest BCUT2D eigenvalue weighted by molar-refractivity contribution is 0.173. The first-order valence-electron chi connectivity index (χ1n) is 7.51. The summed E-state index contributed by atoms with van der Waals surface area (Å²) < 4.78 is 10.7. The fourth-order valence-corrected chi connectivity index (χ4v) is 2.39. The van der Waals surface area contributed by atoms with E-state index in [2.05, 4.69) is 25.7 Å². The Bertz CT molecular complexity index is 448. The lowest BCUT2D eigenvalue weighted by Gasteiger charge is -2.28. The summed E-state index contributed by atoms with van der Waals surface area (Å²) in [6.45, 7) is 8.68. The van der Waals surface area contributed by atoms with Gasteiger partial charge in [0.05, 0.1) is 0 Å². The van der Waals surface area contributed by atoms with Crippen molar-refractivity contribution in [2.24, 2.45) is 0 Å². The maximum absolute atomic E-state index is 10.1. The van der Waals surface area contributed by atoms with Gasteiger partial charge in [-0.25, -0.2) is 0 Å². The van der Waals surface area contributed by atoms with Gasteiger partial charge < -0.3 is 14.6 Å². The third-order valence-electron chi connectivity index (χ3n) is 3.96. The van der Waals surface area contributed by atoms with Crippen LogP contribution in [0.15, 0.2) is 12.1 Å². The van der Waals surface area contributed by atoms with Crippen molar-refractivity contribution in [3.8, 4) is 17.2 Å². The number of phenols is 1. The molecule has 0 amide bonds. The van der Waals surface area contributed by atoms with Crippen molar-refractivity contribution >= 4 is 0 Å². The molecule has 0 aliphatic carbocycles. The number of hydrogen-bond donors (Lipinski definition) is 1. The van der Waals surface area contributed by atoms with Gasteiger partial charge in [-0.1, -0.05) is 20.3 Å². The lowest BCUT2D eigenvalue weighted by Crippen LogP contribution is -2.33. The van der Waals surface area contributed by atoms with E-state index in [1.807, 2.05) is 6.07 Å². The molecule has 1 aliphatic heterocycles. The maximum atomic E-state index is 10.1. The van der Waals surface area contributed by atoms with Crippen LogP contribution in [-0.2, 0) is 6.54 Å². The van der Waals surface area contributed by atoms with Crippen molar-refractivity contribution in [1.82, 2.24) is 4.90 Å². The quantitative estimate of drug-likeness (QED) is 0.829. The molecule has 4 nitrogen and oxygen atoms in total. The van der Waals surface area contributed by atoms with Crippen LogP contribution in [0.4, 0.5) is 0 Å². The number of phenolic OH excluding ortho intramolecular Hbond substituents is 1. The minimum absolute atomic E-state index is 0.239. The number of nitrogens with zero attached hydrogens (tertiary/aromatic N) is 1. The number of fused-ring (bicyclic) bond motifs is 1. The van der Waals surface area contributed by atoms with Gasteiger partial charge >= 0.3 is 0 Å². The van der Waals surface area contributed by atoms with Crippen LogP contribution in [-0.4, -0.2) is 29.4 Å². The molecule has 1 aromatic rings. The van der Waals surface area contributed by atoms with Gasteiger partial charge in [-0.3, -0.25) is 4.90 Å². The number of unbranched alkanes of at least 4 members (excludes halogenated alkanes) is 1. The van der Waals surface area contributed by atoms with Crippen LogP contribution in [0.25, 0.3) is 0 Å². The van der Waals surface area contributed by atoms with Gasteiger partial charge in [0.25, 0.3) is 0 Å². The molecule has 0 spiro atoms. The molecule has 0 aromatic heterocycles. The van der Waals surface area contributed by atoms with Gasteiger partial charge in [0, 0.05) is 24.2 Å². The molecule has 1 unspecified atom stereocenters. The zero-order chi connectivity index (χ0) is 14.5. The fraction of sp³-hybridized carbons (Fsp3) is 0.625.